The van der Waals surface area contributed by atoms with Crippen molar-refractivity contribution in [3.8, 4) is 0 Å². The Kier molecular flexibility index (Phi) is 6.79. The van der Waals surface area contributed by atoms with Gasteiger partial charge >= 0.3 is 6.03 Å². The average molecular weight is 462 g/mol. The molecule has 2 unspecified atom stereocenters. The molecule has 0 aromatic heterocycles. The second-order valence-electron chi connectivity index (χ2n) is 8.37. The minimum absolute atomic E-state index is 0.442. The number of allylic oxidation sites excluding steroid dienone is 4. The van der Waals surface area contributed by atoms with Gasteiger partial charge in [-0.15, -0.1) is 0 Å². The largest absolute Gasteiger partial charge is 0.501 e. The molecule has 2 aliphatic rings. The van der Waals surface area contributed by atoms with Crippen molar-refractivity contribution in [2.75, 3.05) is 19.0 Å². The van der Waals surface area contributed by atoms with Crippen molar-refractivity contribution >= 4 is 29.1 Å². The predicted molar refractivity (Wildman–Crippen MR) is 128 cm³/mol. The highest BCUT2D eigenvalue weighted by molar-refractivity contribution is 6.08. The first-order valence-corrected chi connectivity index (χ1v) is 11.1. The summed E-state index contributed by atoms with van der Waals surface area (Å²) in [5, 5.41) is 16.1. The van der Waals surface area contributed by atoms with Gasteiger partial charge in [0.25, 0.3) is 5.91 Å². The Morgan fingerprint density at radius 3 is 2.62 bits per heavy atom. The van der Waals surface area contributed by atoms with Crippen LogP contribution in [-0.2, 0) is 14.3 Å². The highest BCUT2D eigenvalue weighted by Gasteiger charge is 2.43. The normalized spacial score (nSPS) is 18.7. The Morgan fingerprint density at radius 2 is 1.94 bits per heavy atom. The van der Waals surface area contributed by atoms with E-state index in [-0.39, 0.29) is 0 Å². The minimum Gasteiger partial charge on any atom is -0.501 e. The van der Waals surface area contributed by atoms with Gasteiger partial charge in [0, 0.05) is 12.1 Å². The molecule has 176 valence electrons. The third-order valence-electron chi connectivity index (χ3n) is 5.98. The zero-order valence-electron chi connectivity index (χ0n) is 19.1. The molecule has 8 heteroatoms. The van der Waals surface area contributed by atoms with Crippen LogP contribution in [0.15, 0.2) is 66.4 Å². The third kappa shape index (κ3) is 5.02. The van der Waals surface area contributed by atoms with E-state index in [4.69, 9.17) is 4.74 Å². The van der Waals surface area contributed by atoms with Crippen LogP contribution in [0, 0.1) is 6.92 Å². The number of aliphatic hydroxyl groups excluding tert-OH is 1. The molecule has 2 aromatic carbocycles. The van der Waals surface area contributed by atoms with Gasteiger partial charge in [0.15, 0.2) is 0 Å². The molecule has 1 heterocycles. The Hall–Kier alpha value is -3.91. The number of carbonyl (C=O) groups excluding carboxylic acids is 3. The van der Waals surface area contributed by atoms with Crippen molar-refractivity contribution in [1.82, 2.24) is 10.2 Å². The number of nitrogens with zero attached hydrogens (tertiary/aromatic N) is 1. The number of ether oxygens (including phenoxy) is 1. The maximum absolute atomic E-state index is 12.9. The van der Waals surface area contributed by atoms with Gasteiger partial charge in [-0.3, -0.25) is 14.5 Å². The Labute approximate surface area is 197 Å². The fraction of sp³-hybridized carbons (Fsp3) is 0.269. The number of amides is 4. The van der Waals surface area contributed by atoms with Crippen LogP contribution in [-0.4, -0.2) is 47.5 Å². The molecule has 0 radical (unpaired) electrons. The van der Waals surface area contributed by atoms with Crippen LogP contribution >= 0.6 is 0 Å². The topological polar surface area (TPSA) is 108 Å². The zero-order valence-corrected chi connectivity index (χ0v) is 19.1. The SMILES string of the molecule is COC1=CC=C(c2cccc(C(O)C3NC(=O)N(CC(=O)Nc4ccc(C)cc4)C3=O)c2)CC1. The fourth-order valence-corrected chi connectivity index (χ4v) is 4.03. The molecule has 0 spiro atoms. The molecule has 3 N–H and O–H groups in total. The summed E-state index contributed by atoms with van der Waals surface area (Å²) in [6.07, 6.45) is 4.22. The van der Waals surface area contributed by atoms with Crippen molar-refractivity contribution in [2.45, 2.75) is 31.9 Å². The number of rotatable bonds is 7. The lowest BCUT2D eigenvalue weighted by atomic mass is 9.93. The van der Waals surface area contributed by atoms with Gasteiger partial charge in [0.2, 0.25) is 5.91 Å². The molecule has 4 amide bonds. The van der Waals surface area contributed by atoms with Crippen molar-refractivity contribution in [1.29, 1.82) is 0 Å². The van der Waals surface area contributed by atoms with E-state index in [1.54, 1.807) is 31.4 Å². The monoisotopic (exact) mass is 461 g/mol. The number of carbonyl (C=O) groups is 3. The van der Waals surface area contributed by atoms with Gasteiger partial charge in [0.05, 0.1) is 12.9 Å². The minimum atomic E-state index is -1.25. The highest BCUT2D eigenvalue weighted by Crippen LogP contribution is 2.30. The van der Waals surface area contributed by atoms with E-state index in [1.807, 2.05) is 43.3 Å². The second-order valence-corrected chi connectivity index (χ2v) is 8.37. The standard InChI is InChI=1S/C26H27N3O5/c1-16-6-10-20(11-7-16)27-22(30)15-29-25(32)23(28-26(29)33)24(31)19-5-3-4-18(14-19)17-8-12-21(34-2)13-9-17/h3-8,10-12,14,23-24,31H,9,13,15H2,1-2H3,(H,27,30)(H,28,33). The van der Waals surface area contributed by atoms with Crippen LogP contribution in [0.2, 0.25) is 0 Å². The highest BCUT2D eigenvalue weighted by atomic mass is 16.5. The Balaban J connectivity index is 1.44. The Bertz CT molecular complexity index is 1170. The summed E-state index contributed by atoms with van der Waals surface area (Å²) in [5.74, 6) is -0.241. The number of aliphatic hydroxyl groups is 1. The van der Waals surface area contributed by atoms with Crippen molar-refractivity contribution in [3.63, 3.8) is 0 Å². The molecule has 1 aliphatic carbocycles. The number of hydrogen-bond donors (Lipinski definition) is 3. The molecule has 1 saturated heterocycles. The molecule has 0 saturated carbocycles. The van der Waals surface area contributed by atoms with E-state index in [2.05, 4.69) is 10.6 Å². The van der Waals surface area contributed by atoms with Crippen molar-refractivity contribution in [3.05, 3.63) is 83.1 Å². The molecule has 1 aliphatic heterocycles. The van der Waals surface area contributed by atoms with E-state index < -0.39 is 36.5 Å². The molecule has 1 fully saturated rings. The number of benzene rings is 2. The fourth-order valence-electron chi connectivity index (χ4n) is 4.03. The van der Waals surface area contributed by atoms with E-state index in [0.717, 1.165) is 40.2 Å². The quantitative estimate of drug-likeness (QED) is 0.549. The van der Waals surface area contributed by atoms with Crippen LogP contribution in [0.25, 0.3) is 5.57 Å². The van der Waals surface area contributed by atoms with Crippen LogP contribution in [0.3, 0.4) is 0 Å². The number of aryl methyl sites for hydroxylation is 1. The summed E-state index contributed by atoms with van der Waals surface area (Å²) in [7, 11) is 1.64. The molecule has 8 nitrogen and oxygen atoms in total. The number of imide groups is 1. The van der Waals surface area contributed by atoms with Gasteiger partial charge < -0.3 is 20.5 Å². The number of hydrogen-bond acceptors (Lipinski definition) is 5. The maximum Gasteiger partial charge on any atom is 0.325 e. The first kappa shape index (κ1) is 23.3. The second kappa shape index (κ2) is 9.93. The molecule has 2 atom stereocenters. The predicted octanol–water partition coefficient (Wildman–Crippen LogP) is 3.30. The summed E-state index contributed by atoms with van der Waals surface area (Å²) >= 11 is 0. The summed E-state index contributed by atoms with van der Waals surface area (Å²) in [5.41, 5.74) is 4.13. The molecule has 0 bridgehead atoms. The van der Waals surface area contributed by atoms with E-state index in [0.29, 0.717) is 11.3 Å². The van der Waals surface area contributed by atoms with Crippen LogP contribution < -0.4 is 10.6 Å². The van der Waals surface area contributed by atoms with Gasteiger partial charge in [-0.2, -0.15) is 0 Å². The summed E-state index contributed by atoms with van der Waals surface area (Å²) in [4.78, 5) is 38.5. The van der Waals surface area contributed by atoms with Gasteiger partial charge in [-0.05, 0) is 54.3 Å². The summed E-state index contributed by atoms with van der Waals surface area (Å²) in [6.45, 7) is 1.49. The van der Waals surface area contributed by atoms with E-state index >= 15 is 0 Å². The summed E-state index contributed by atoms with van der Waals surface area (Å²) < 4.78 is 5.27. The molecule has 2 aromatic rings. The maximum atomic E-state index is 12.9. The average Bonchev–Trinajstić information content (AvgIpc) is 3.13. The molecule has 34 heavy (non-hydrogen) atoms. The number of nitrogens with one attached hydrogen (secondary N) is 2. The van der Waals surface area contributed by atoms with Crippen LogP contribution in [0.4, 0.5) is 10.5 Å². The van der Waals surface area contributed by atoms with E-state index in [1.165, 1.54) is 0 Å². The van der Waals surface area contributed by atoms with Gasteiger partial charge in [-0.1, -0.05) is 42.0 Å². The number of methoxy groups -OCH3 is 1. The lowest BCUT2D eigenvalue weighted by Crippen LogP contribution is -2.39. The van der Waals surface area contributed by atoms with Crippen LogP contribution in [0.5, 0.6) is 0 Å². The third-order valence-corrected chi connectivity index (χ3v) is 5.98. The Morgan fingerprint density at radius 1 is 1.18 bits per heavy atom. The van der Waals surface area contributed by atoms with Crippen LogP contribution in [0.1, 0.15) is 35.6 Å². The van der Waals surface area contributed by atoms with Gasteiger partial charge in [-0.25, -0.2) is 4.79 Å². The lowest BCUT2D eigenvalue weighted by Gasteiger charge is -2.19. The molecule has 4 rings (SSSR count). The first-order chi connectivity index (χ1) is 16.4. The number of urea groups is 1. The van der Waals surface area contributed by atoms with E-state index in [9.17, 15) is 19.5 Å². The van der Waals surface area contributed by atoms with Gasteiger partial charge in [0.1, 0.15) is 18.7 Å². The van der Waals surface area contributed by atoms with Crippen molar-refractivity contribution in [2.24, 2.45) is 0 Å². The summed E-state index contributed by atoms with van der Waals surface area (Å²) in [6, 6.07) is 12.6. The first-order valence-electron chi connectivity index (χ1n) is 11.1. The van der Waals surface area contributed by atoms with Crippen molar-refractivity contribution < 1.29 is 24.2 Å². The smallest absolute Gasteiger partial charge is 0.325 e. The molecular weight excluding hydrogens is 434 g/mol. The lowest BCUT2D eigenvalue weighted by molar-refractivity contribution is -0.132. The molecular formula is C26H27N3O5. The zero-order chi connectivity index (χ0) is 24.2. The number of anilines is 1.